The maximum Gasteiger partial charge on any atom is 0.255 e. The van der Waals surface area contributed by atoms with Crippen molar-refractivity contribution in [3.8, 4) is 0 Å². The van der Waals surface area contributed by atoms with E-state index in [-0.39, 0.29) is 29.8 Å². The van der Waals surface area contributed by atoms with Gasteiger partial charge >= 0.3 is 0 Å². The molecule has 2 aromatic carbocycles. The minimum Gasteiger partial charge on any atom is -0.334 e. The number of nitrogens with zero attached hydrogens (tertiary/aromatic N) is 1. The first-order chi connectivity index (χ1) is 16.4. The van der Waals surface area contributed by atoms with Crippen molar-refractivity contribution in [3.63, 3.8) is 0 Å². The van der Waals surface area contributed by atoms with Gasteiger partial charge in [0.2, 0.25) is 5.91 Å². The van der Waals surface area contributed by atoms with Gasteiger partial charge in [-0.25, -0.2) is 0 Å². The maximum atomic E-state index is 13.7. The van der Waals surface area contributed by atoms with Crippen molar-refractivity contribution in [2.24, 2.45) is 11.7 Å². The van der Waals surface area contributed by atoms with Gasteiger partial charge in [-0.05, 0) is 67.6 Å². The number of carbonyl (C=O) groups excluding carboxylic acids is 2. The molecule has 2 aliphatic rings. The largest absolute Gasteiger partial charge is 0.334 e. The number of nitrogens with one attached hydrogen (secondary N) is 1. The molecule has 2 aromatic rings. The zero-order valence-corrected chi connectivity index (χ0v) is 21.0. The molecule has 2 amide bonds. The molecule has 0 bridgehead atoms. The lowest BCUT2D eigenvalue weighted by atomic mass is 9.85. The lowest BCUT2D eigenvalue weighted by Crippen LogP contribution is -2.53. The zero-order chi connectivity index (χ0) is 24.1. The Balaban J connectivity index is 1.56. The minimum atomic E-state index is -0.250. The molecule has 0 aliphatic heterocycles. The van der Waals surface area contributed by atoms with Crippen LogP contribution in [0.5, 0.6) is 0 Å². The Kier molecular flexibility index (Phi) is 8.51. The number of benzene rings is 2. The summed E-state index contributed by atoms with van der Waals surface area (Å²) in [6.07, 6.45) is 9.34. The normalized spacial score (nSPS) is 21.1. The van der Waals surface area contributed by atoms with Crippen molar-refractivity contribution in [1.82, 2.24) is 4.90 Å². The molecule has 2 saturated carbocycles. The van der Waals surface area contributed by atoms with Crippen molar-refractivity contribution in [2.45, 2.75) is 76.4 Å². The van der Waals surface area contributed by atoms with Crippen LogP contribution in [0.3, 0.4) is 0 Å². The van der Waals surface area contributed by atoms with Crippen molar-refractivity contribution < 1.29 is 9.59 Å². The molecule has 2 atom stereocenters. The summed E-state index contributed by atoms with van der Waals surface area (Å²) in [6.45, 7) is 0.396. The number of carbonyl (C=O) groups is 2. The Morgan fingerprint density at radius 1 is 0.941 bits per heavy atom. The van der Waals surface area contributed by atoms with Gasteiger partial charge in [0, 0.05) is 45.8 Å². The SMILES string of the molecule is NC1CCCCC1N(Cc1cc(NC(=O)c2cccc(Cl)c2)ccc1Cl)C(=O)C1CCCCC1. The summed E-state index contributed by atoms with van der Waals surface area (Å²) in [6, 6.07) is 12.2. The summed E-state index contributed by atoms with van der Waals surface area (Å²) >= 11 is 12.6. The monoisotopic (exact) mass is 501 g/mol. The van der Waals surface area contributed by atoms with Crippen LogP contribution < -0.4 is 11.1 Å². The number of anilines is 1. The standard InChI is InChI=1S/C27H33Cl2N3O2/c28-21-10-6-9-19(15-21)26(33)31-22-13-14-23(29)20(16-22)17-32(25-12-5-4-11-24(25)30)27(34)18-7-2-1-3-8-18/h6,9-10,13-16,18,24-25H,1-5,7-8,11-12,17,30H2,(H,31,33). The number of halogens is 2. The Bertz CT molecular complexity index is 1020. The molecular weight excluding hydrogens is 469 g/mol. The smallest absolute Gasteiger partial charge is 0.255 e. The Labute approximate surface area is 212 Å². The van der Waals surface area contributed by atoms with Crippen LogP contribution in [0.25, 0.3) is 0 Å². The van der Waals surface area contributed by atoms with Crippen LogP contribution in [0.15, 0.2) is 42.5 Å². The van der Waals surface area contributed by atoms with Gasteiger partial charge in [0.25, 0.3) is 5.91 Å². The first-order valence-electron chi connectivity index (χ1n) is 12.3. The molecular formula is C27H33Cl2N3O2. The molecule has 0 heterocycles. The van der Waals surface area contributed by atoms with Gasteiger partial charge in [-0.3, -0.25) is 9.59 Å². The van der Waals surface area contributed by atoms with E-state index in [1.165, 1.54) is 6.42 Å². The van der Waals surface area contributed by atoms with Gasteiger partial charge < -0.3 is 16.0 Å². The Morgan fingerprint density at radius 3 is 2.41 bits per heavy atom. The summed E-state index contributed by atoms with van der Waals surface area (Å²) in [5, 5.41) is 4.00. The molecule has 7 heteroatoms. The van der Waals surface area contributed by atoms with E-state index in [0.717, 1.165) is 56.9 Å². The lowest BCUT2D eigenvalue weighted by molar-refractivity contribution is -0.141. The van der Waals surface area contributed by atoms with Crippen LogP contribution >= 0.6 is 23.2 Å². The van der Waals surface area contributed by atoms with Gasteiger partial charge in [0.1, 0.15) is 0 Å². The van der Waals surface area contributed by atoms with Crippen molar-refractivity contribution in [1.29, 1.82) is 0 Å². The van der Waals surface area contributed by atoms with Gasteiger partial charge in [0.05, 0.1) is 0 Å². The highest BCUT2D eigenvalue weighted by molar-refractivity contribution is 6.31. The highest BCUT2D eigenvalue weighted by Gasteiger charge is 2.35. The van der Waals surface area contributed by atoms with E-state index >= 15 is 0 Å². The summed E-state index contributed by atoms with van der Waals surface area (Å²) in [5.41, 5.74) is 8.43. The Hall–Kier alpha value is -2.08. The van der Waals surface area contributed by atoms with Crippen LogP contribution in [0.4, 0.5) is 5.69 Å². The number of hydrogen-bond acceptors (Lipinski definition) is 3. The van der Waals surface area contributed by atoms with E-state index in [9.17, 15) is 9.59 Å². The second-order valence-electron chi connectivity index (χ2n) is 9.59. The predicted octanol–water partition coefficient (Wildman–Crippen LogP) is 6.42. The highest BCUT2D eigenvalue weighted by atomic mass is 35.5. The van der Waals surface area contributed by atoms with Gasteiger partial charge in [-0.15, -0.1) is 0 Å². The van der Waals surface area contributed by atoms with E-state index < -0.39 is 0 Å². The molecule has 2 unspecified atom stereocenters. The van der Waals surface area contributed by atoms with Gasteiger partial charge in [-0.2, -0.15) is 0 Å². The molecule has 2 fully saturated rings. The molecule has 0 aromatic heterocycles. The summed E-state index contributed by atoms with van der Waals surface area (Å²) in [7, 11) is 0. The second kappa shape index (κ2) is 11.6. The van der Waals surface area contributed by atoms with Crippen LogP contribution in [-0.2, 0) is 11.3 Å². The second-order valence-corrected chi connectivity index (χ2v) is 10.4. The van der Waals surface area contributed by atoms with E-state index in [1.54, 1.807) is 36.4 Å². The first-order valence-corrected chi connectivity index (χ1v) is 13.1. The van der Waals surface area contributed by atoms with Crippen LogP contribution in [0, 0.1) is 5.92 Å². The van der Waals surface area contributed by atoms with E-state index in [4.69, 9.17) is 28.9 Å². The van der Waals surface area contributed by atoms with Crippen LogP contribution in [-0.4, -0.2) is 28.8 Å². The first kappa shape index (κ1) is 25.0. The van der Waals surface area contributed by atoms with Crippen LogP contribution in [0.2, 0.25) is 10.0 Å². The molecule has 0 saturated heterocycles. The van der Waals surface area contributed by atoms with Gasteiger partial charge in [-0.1, -0.05) is 61.4 Å². The molecule has 34 heavy (non-hydrogen) atoms. The summed E-state index contributed by atoms with van der Waals surface area (Å²) in [4.78, 5) is 28.4. The molecule has 4 rings (SSSR count). The Morgan fingerprint density at radius 2 is 1.68 bits per heavy atom. The molecule has 0 spiro atoms. The number of rotatable bonds is 6. The third-order valence-electron chi connectivity index (χ3n) is 7.15. The van der Waals surface area contributed by atoms with Gasteiger partial charge in [0.15, 0.2) is 0 Å². The van der Waals surface area contributed by atoms with Crippen LogP contribution in [0.1, 0.15) is 73.7 Å². The summed E-state index contributed by atoms with van der Waals surface area (Å²) in [5.74, 6) is 0.0130. The van der Waals surface area contributed by atoms with Crippen molar-refractivity contribution in [2.75, 3.05) is 5.32 Å². The zero-order valence-electron chi connectivity index (χ0n) is 19.4. The average molecular weight is 502 g/mol. The van der Waals surface area contributed by atoms with Crippen molar-refractivity contribution in [3.05, 3.63) is 63.6 Å². The number of nitrogens with two attached hydrogens (primary N) is 1. The molecule has 0 radical (unpaired) electrons. The fourth-order valence-electron chi connectivity index (χ4n) is 5.26. The number of hydrogen-bond donors (Lipinski definition) is 2. The third-order valence-corrected chi connectivity index (χ3v) is 7.75. The van der Waals surface area contributed by atoms with E-state index in [2.05, 4.69) is 5.32 Å². The van der Waals surface area contributed by atoms with Crippen molar-refractivity contribution >= 4 is 40.7 Å². The fourth-order valence-corrected chi connectivity index (χ4v) is 5.63. The number of amides is 2. The molecule has 5 nitrogen and oxygen atoms in total. The average Bonchev–Trinajstić information content (AvgIpc) is 2.85. The van der Waals surface area contributed by atoms with E-state index in [1.807, 2.05) is 11.0 Å². The van der Waals surface area contributed by atoms with E-state index in [0.29, 0.717) is 27.8 Å². The predicted molar refractivity (Wildman–Crippen MR) is 138 cm³/mol. The molecule has 182 valence electrons. The quantitative estimate of drug-likeness (QED) is 0.478. The highest BCUT2D eigenvalue weighted by Crippen LogP contribution is 2.32. The third kappa shape index (κ3) is 6.12. The molecule has 2 aliphatic carbocycles. The molecule has 3 N–H and O–H groups in total. The lowest BCUT2D eigenvalue weighted by Gasteiger charge is -2.41. The minimum absolute atomic E-state index is 0.0175. The fraction of sp³-hybridized carbons (Fsp3) is 0.481. The maximum absolute atomic E-state index is 13.7. The topological polar surface area (TPSA) is 75.4 Å². The summed E-state index contributed by atoms with van der Waals surface area (Å²) < 4.78 is 0.